The fraction of sp³-hybridized carbons (Fsp3) is 0.500. The van der Waals surface area contributed by atoms with Gasteiger partial charge in [0.1, 0.15) is 0 Å². The number of nitrogens with zero attached hydrogens (tertiary/aromatic N) is 1. The van der Waals surface area contributed by atoms with Gasteiger partial charge in [-0.3, -0.25) is 9.78 Å². The maximum absolute atomic E-state index is 12.0. The van der Waals surface area contributed by atoms with Crippen LogP contribution in [0.15, 0.2) is 18.3 Å². The van der Waals surface area contributed by atoms with Crippen LogP contribution in [0.5, 0.6) is 0 Å². The molecule has 4 N–H and O–H groups in total. The normalized spacial score (nSPS) is 16.8. The van der Waals surface area contributed by atoms with Crippen molar-refractivity contribution in [3.63, 3.8) is 0 Å². The third-order valence-electron chi connectivity index (χ3n) is 2.96. The van der Waals surface area contributed by atoms with Crippen molar-refractivity contribution in [3.05, 3.63) is 29.6 Å². The highest BCUT2D eigenvalue weighted by atomic mass is 16.1. The molecule has 0 atom stereocenters. The zero-order valence-corrected chi connectivity index (χ0v) is 9.78. The van der Waals surface area contributed by atoms with Crippen molar-refractivity contribution in [3.8, 4) is 0 Å². The summed E-state index contributed by atoms with van der Waals surface area (Å²) < 4.78 is 0. The lowest BCUT2D eigenvalue weighted by Gasteiger charge is -2.23. The predicted octanol–water partition coefficient (Wildman–Crippen LogP) is 0.0221. The molecule has 1 saturated heterocycles. The molecule has 2 heterocycles. The minimum absolute atomic E-state index is 0.0333. The van der Waals surface area contributed by atoms with Crippen LogP contribution in [0.4, 0.5) is 0 Å². The molecule has 0 radical (unpaired) electrons. The van der Waals surface area contributed by atoms with E-state index in [-0.39, 0.29) is 11.9 Å². The Hall–Kier alpha value is -1.46. The summed E-state index contributed by atoms with van der Waals surface area (Å²) in [5.74, 6) is -0.0333. The first-order chi connectivity index (χ1) is 8.29. The number of carbonyl (C=O) groups is 1. The first-order valence-electron chi connectivity index (χ1n) is 5.96. The van der Waals surface area contributed by atoms with Crippen LogP contribution in [0.2, 0.25) is 0 Å². The average molecular weight is 234 g/mol. The quantitative estimate of drug-likeness (QED) is 0.689. The molecule has 0 unspecified atom stereocenters. The van der Waals surface area contributed by atoms with Gasteiger partial charge < -0.3 is 16.4 Å². The van der Waals surface area contributed by atoms with Gasteiger partial charge in [-0.15, -0.1) is 0 Å². The van der Waals surface area contributed by atoms with Crippen molar-refractivity contribution in [2.24, 2.45) is 5.73 Å². The molecule has 17 heavy (non-hydrogen) atoms. The Morgan fingerprint density at radius 3 is 3.00 bits per heavy atom. The number of nitrogens with one attached hydrogen (secondary N) is 2. The van der Waals surface area contributed by atoms with Gasteiger partial charge in [-0.05, 0) is 38.1 Å². The van der Waals surface area contributed by atoms with Crippen molar-refractivity contribution in [2.75, 3.05) is 13.1 Å². The Balaban J connectivity index is 1.98. The largest absolute Gasteiger partial charge is 0.349 e. The third kappa shape index (κ3) is 3.25. The Bertz CT molecular complexity index is 388. The summed E-state index contributed by atoms with van der Waals surface area (Å²) >= 11 is 0. The van der Waals surface area contributed by atoms with Crippen molar-refractivity contribution < 1.29 is 4.79 Å². The molecule has 1 aromatic heterocycles. The Morgan fingerprint density at radius 1 is 1.53 bits per heavy atom. The highest BCUT2D eigenvalue weighted by Crippen LogP contribution is 2.06. The molecule has 92 valence electrons. The van der Waals surface area contributed by atoms with Crippen LogP contribution in [-0.2, 0) is 6.54 Å². The van der Waals surface area contributed by atoms with Crippen molar-refractivity contribution >= 4 is 5.91 Å². The molecule has 1 amide bonds. The van der Waals surface area contributed by atoms with E-state index in [0.29, 0.717) is 12.1 Å². The molecule has 0 bridgehead atoms. The van der Waals surface area contributed by atoms with E-state index in [9.17, 15) is 4.79 Å². The van der Waals surface area contributed by atoms with E-state index < -0.39 is 0 Å². The van der Waals surface area contributed by atoms with Crippen molar-refractivity contribution in [2.45, 2.75) is 25.4 Å². The van der Waals surface area contributed by atoms with Gasteiger partial charge in [0.2, 0.25) is 0 Å². The number of rotatable bonds is 3. The minimum atomic E-state index is -0.0333. The van der Waals surface area contributed by atoms with Gasteiger partial charge in [0.15, 0.2) is 0 Å². The molecule has 1 aliphatic rings. The first-order valence-corrected chi connectivity index (χ1v) is 5.96. The summed E-state index contributed by atoms with van der Waals surface area (Å²) in [5.41, 5.74) is 6.88. The molecule has 5 heteroatoms. The smallest absolute Gasteiger partial charge is 0.251 e. The topological polar surface area (TPSA) is 80.0 Å². The number of hydrogen-bond acceptors (Lipinski definition) is 4. The number of piperidine rings is 1. The lowest BCUT2D eigenvalue weighted by Crippen LogP contribution is -2.42. The number of nitrogens with two attached hydrogens (primary N) is 1. The van der Waals surface area contributed by atoms with E-state index in [1.54, 1.807) is 18.3 Å². The third-order valence-corrected chi connectivity index (χ3v) is 2.96. The zero-order chi connectivity index (χ0) is 12.1. The van der Waals surface area contributed by atoms with Gasteiger partial charge in [-0.25, -0.2) is 0 Å². The molecular formula is C12H18N4O. The number of pyridine rings is 1. The molecule has 0 aromatic carbocycles. The molecule has 1 fully saturated rings. The summed E-state index contributed by atoms with van der Waals surface area (Å²) in [4.78, 5) is 16.1. The SMILES string of the molecule is NCc1cc(C(=O)NC2CCNCC2)ccn1. The summed E-state index contributed by atoms with van der Waals surface area (Å²) in [6.07, 6.45) is 3.60. The predicted molar refractivity (Wildman–Crippen MR) is 65.5 cm³/mol. The molecular weight excluding hydrogens is 216 g/mol. The van der Waals surface area contributed by atoms with E-state index in [1.165, 1.54) is 0 Å². The van der Waals surface area contributed by atoms with Gasteiger partial charge in [-0.2, -0.15) is 0 Å². The van der Waals surface area contributed by atoms with E-state index in [4.69, 9.17) is 5.73 Å². The van der Waals surface area contributed by atoms with E-state index >= 15 is 0 Å². The van der Waals surface area contributed by atoms with Gasteiger partial charge in [0.25, 0.3) is 5.91 Å². The highest BCUT2D eigenvalue weighted by molar-refractivity contribution is 5.94. The maximum atomic E-state index is 12.0. The molecule has 0 saturated carbocycles. The summed E-state index contributed by atoms with van der Waals surface area (Å²) in [6, 6.07) is 3.74. The van der Waals surface area contributed by atoms with Crippen LogP contribution in [-0.4, -0.2) is 30.0 Å². The van der Waals surface area contributed by atoms with Crippen LogP contribution in [0.3, 0.4) is 0 Å². The summed E-state index contributed by atoms with van der Waals surface area (Å²) in [6.45, 7) is 2.29. The van der Waals surface area contributed by atoms with E-state index in [0.717, 1.165) is 31.6 Å². The fourth-order valence-electron chi connectivity index (χ4n) is 1.97. The number of aromatic nitrogens is 1. The van der Waals surface area contributed by atoms with Crippen LogP contribution in [0.1, 0.15) is 28.9 Å². The lowest BCUT2D eigenvalue weighted by molar-refractivity contribution is 0.0929. The van der Waals surface area contributed by atoms with Crippen LogP contribution in [0.25, 0.3) is 0 Å². The fourth-order valence-corrected chi connectivity index (χ4v) is 1.97. The Morgan fingerprint density at radius 2 is 2.29 bits per heavy atom. The van der Waals surface area contributed by atoms with Crippen molar-refractivity contribution in [1.82, 2.24) is 15.6 Å². The molecule has 1 aliphatic heterocycles. The first kappa shape index (κ1) is 12.0. The molecule has 0 spiro atoms. The number of carbonyl (C=O) groups excluding carboxylic acids is 1. The van der Waals surface area contributed by atoms with Gasteiger partial charge >= 0.3 is 0 Å². The van der Waals surface area contributed by atoms with Crippen LogP contribution >= 0.6 is 0 Å². The van der Waals surface area contributed by atoms with Gasteiger partial charge in [-0.1, -0.05) is 0 Å². The molecule has 2 rings (SSSR count). The minimum Gasteiger partial charge on any atom is -0.349 e. The molecule has 5 nitrogen and oxygen atoms in total. The van der Waals surface area contributed by atoms with Gasteiger partial charge in [0, 0.05) is 24.3 Å². The molecule has 0 aliphatic carbocycles. The monoisotopic (exact) mass is 234 g/mol. The van der Waals surface area contributed by atoms with Gasteiger partial charge in [0.05, 0.1) is 5.69 Å². The summed E-state index contributed by atoms with van der Waals surface area (Å²) in [7, 11) is 0. The van der Waals surface area contributed by atoms with E-state index in [2.05, 4.69) is 15.6 Å². The number of hydrogen-bond donors (Lipinski definition) is 3. The highest BCUT2D eigenvalue weighted by Gasteiger charge is 2.16. The van der Waals surface area contributed by atoms with Crippen molar-refractivity contribution in [1.29, 1.82) is 0 Å². The van der Waals surface area contributed by atoms with E-state index in [1.807, 2.05) is 0 Å². The lowest BCUT2D eigenvalue weighted by atomic mass is 10.1. The summed E-state index contributed by atoms with van der Waals surface area (Å²) in [5, 5.41) is 6.31. The van der Waals surface area contributed by atoms with Crippen LogP contribution in [0, 0.1) is 0 Å². The van der Waals surface area contributed by atoms with Crippen LogP contribution < -0.4 is 16.4 Å². The second kappa shape index (κ2) is 5.75. The average Bonchev–Trinajstić information content (AvgIpc) is 2.40. The second-order valence-electron chi connectivity index (χ2n) is 4.24. The number of amides is 1. The molecule has 1 aromatic rings. The second-order valence-corrected chi connectivity index (χ2v) is 4.24. The Labute approximate surface area is 101 Å². The zero-order valence-electron chi connectivity index (χ0n) is 9.78. The Kier molecular flexibility index (Phi) is 4.06. The standard InChI is InChI=1S/C12H18N4O/c13-8-11-7-9(1-6-15-11)12(17)16-10-2-4-14-5-3-10/h1,6-7,10,14H,2-5,8,13H2,(H,16,17). The maximum Gasteiger partial charge on any atom is 0.251 e.